The molecule has 0 aliphatic carbocycles. The number of aromatic nitrogens is 1. The summed E-state index contributed by atoms with van der Waals surface area (Å²) in [4.78, 5) is 17.3. The lowest BCUT2D eigenvalue weighted by molar-refractivity contribution is 0.0922. The van der Waals surface area contributed by atoms with E-state index in [1.54, 1.807) is 6.20 Å². The van der Waals surface area contributed by atoms with Crippen molar-refractivity contribution in [3.05, 3.63) is 78.1 Å². The van der Waals surface area contributed by atoms with Crippen LogP contribution in [0.4, 0.5) is 0 Å². The Morgan fingerprint density at radius 3 is 2.67 bits per heavy atom. The number of ketones is 1. The van der Waals surface area contributed by atoms with E-state index in [2.05, 4.69) is 22.4 Å². The number of hydrogen-bond donors (Lipinski definition) is 1. The van der Waals surface area contributed by atoms with Gasteiger partial charge in [-0.2, -0.15) is 0 Å². The Hall–Kier alpha value is -2.52. The molecule has 0 bridgehead atoms. The number of pyridine rings is 1. The van der Waals surface area contributed by atoms with Gasteiger partial charge in [0, 0.05) is 48.3 Å². The average Bonchev–Trinajstić information content (AvgIpc) is 3.11. The highest BCUT2D eigenvalue weighted by Gasteiger charge is 2.34. The minimum Gasteiger partial charge on any atom is -0.315 e. The van der Waals surface area contributed by atoms with Crippen molar-refractivity contribution in [3.63, 3.8) is 0 Å². The molecule has 1 aliphatic rings. The van der Waals surface area contributed by atoms with E-state index in [0.29, 0.717) is 0 Å². The molecule has 3 aromatic rings. The first-order valence-corrected chi connectivity index (χ1v) is 7.97. The van der Waals surface area contributed by atoms with Crippen molar-refractivity contribution in [1.82, 2.24) is 10.3 Å². The van der Waals surface area contributed by atoms with Gasteiger partial charge in [-0.05, 0) is 17.0 Å². The second-order valence-electron chi connectivity index (χ2n) is 6.05. The number of benzene rings is 2. The molecule has 0 unspecified atom stereocenters. The van der Waals surface area contributed by atoms with Crippen LogP contribution in [0.1, 0.15) is 29.3 Å². The summed E-state index contributed by atoms with van der Waals surface area (Å²) < 4.78 is 0. The third-order valence-corrected chi connectivity index (χ3v) is 4.72. The summed E-state index contributed by atoms with van der Waals surface area (Å²) in [5.74, 6) is 0.442. The zero-order valence-electron chi connectivity index (χ0n) is 12.8. The summed E-state index contributed by atoms with van der Waals surface area (Å²) in [5, 5.41) is 5.39. The van der Waals surface area contributed by atoms with Crippen LogP contribution in [0.5, 0.6) is 0 Å². The van der Waals surface area contributed by atoms with E-state index in [-0.39, 0.29) is 25.0 Å². The minimum atomic E-state index is -0.0174. The second-order valence-corrected chi connectivity index (χ2v) is 6.05. The highest BCUT2D eigenvalue weighted by Crippen LogP contribution is 2.32. The van der Waals surface area contributed by atoms with Crippen molar-refractivity contribution >= 4 is 16.6 Å². The molecule has 1 fully saturated rings. The summed E-state index contributed by atoms with van der Waals surface area (Å²) in [6.07, 6.45) is 3.56. The van der Waals surface area contributed by atoms with Gasteiger partial charge in [0.1, 0.15) is 0 Å². The summed E-state index contributed by atoms with van der Waals surface area (Å²) in [6, 6.07) is 18.1. The molecule has 122 valence electrons. The van der Waals surface area contributed by atoms with Crippen LogP contribution in [0.15, 0.2) is 67.0 Å². The first-order chi connectivity index (χ1) is 11.3. The minimum absolute atomic E-state index is 0. The smallest absolute Gasteiger partial charge is 0.168 e. The molecule has 1 aromatic heterocycles. The lowest BCUT2D eigenvalue weighted by Gasteiger charge is -2.18. The van der Waals surface area contributed by atoms with E-state index in [4.69, 9.17) is 0 Å². The molecule has 24 heavy (non-hydrogen) atoms. The topological polar surface area (TPSA) is 42.0 Å². The van der Waals surface area contributed by atoms with Gasteiger partial charge in [0.2, 0.25) is 0 Å². The van der Waals surface area contributed by atoms with Crippen LogP contribution >= 0.6 is 0 Å². The zero-order chi connectivity index (χ0) is 15.6. The van der Waals surface area contributed by atoms with Crippen LogP contribution in [0, 0.1) is 5.92 Å². The van der Waals surface area contributed by atoms with Crippen LogP contribution < -0.4 is 5.32 Å². The number of fused-ring (bicyclic) bond motifs is 1. The largest absolute Gasteiger partial charge is 0.315 e. The Kier molecular flexibility index (Phi) is 4.72. The molecule has 1 aliphatic heterocycles. The van der Waals surface area contributed by atoms with Gasteiger partial charge in [0.25, 0.3) is 0 Å². The van der Waals surface area contributed by atoms with Crippen molar-refractivity contribution in [2.45, 2.75) is 13.3 Å². The fourth-order valence-electron chi connectivity index (χ4n) is 3.54. The molecule has 4 rings (SSSR count). The van der Waals surface area contributed by atoms with Gasteiger partial charge in [-0.25, -0.2) is 0 Å². The predicted molar refractivity (Wildman–Crippen MR) is 98.3 cm³/mol. The maximum absolute atomic E-state index is 13.2. The van der Waals surface area contributed by atoms with Gasteiger partial charge in [-0.3, -0.25) is 9.78 Å². The summed E-state index contributed by atoms with van der Waals surface area (Å²) in [5.41, 5.74) is 2.04. The maximum atomic E-state index is 13.2. The Balaban J connectivity index is 0.00000169. The average molecular weight is 318 g/mol. The number of Topliss-reactive ketones (excluding diaryl/α,β-unsaturated/α-hetero) is 1. The van der Waals surface area contributed by atoms with Gasteiger partial charge in [0.05, 0.1) is 0 Å². The van der Waals surface area contributed by atoms with Crippen molar-refractivity contribution < 1.29 is 4.79 Å². The van der Waals surface area contributed by atoms with Crippen LogP contribution in [0.3, 0.4) is 0 Å². The van der Waals surface area contributed by atoms with Crippen molar-refractivity contribution in [1.29, 1.82) is 0 Å². The Bertz CT molecular complexity index is 839. The quantitative estimate of drug-likeness (QED) is 0.741. The molecule has 2 atom stereocenters. The molecule has 1 saturated heterocycles. The highest BCUT2D eigenvalue weighted by molar-refractivity contribution is 6.09. The van der Waals surface area contributed by atoms with E-state index in [1.165, 1.54) is 5.56 Å². The second kappa shape index (κ2) is 6.93. The van der Waals surface area contributed by atoms with Crippen molar-refractivity contribution in [3.8, 4) is 0 Å². The molecule has 1 N–H and O–H groups in total. The number of nitrogens with zero attached hydrogens (tertiary/aromatic N) is 1. The monoisotopic (exact) mass is 318 g/mol. The van der Waals surface area contributed by atoms with Crippen molar-refractivity contribution in [2.24, 2.45) is 5.92 Å². The Morgan fingerprint density at radius 1 is 1.00 bits per heavy atom. The molecular weight excluding hydrogens is 296 g/mol. The summed E-state index contributed by atoms with van der Waals surface area (Å²) in [7, 11) is 0. The number of carbonyl (C=O) groups is 1. The number of carbonyl (C=O) groups excluding carboxylic acids is 1. The normalized spacial score (nSPS) is 19.8. The lowest BCUT2D eigenvalue weighted by atomic mass is 9.83. The molecule has 3 nitrogen and oxygen atoms in total. The van der Waals surface area contributed by atoms with E-state index in [9.17, 15) is 4.79 Å². The number of rotatable bonds is 3. The van der Waals surface area contributed by atoms with E-state index in [0.717, 1.165) is 29.4 Å². The third kappa shape index (κ3) is 2.83. The van der Waals surface area contributed by atoms with Crippen molar-refractivity contribution in [2.75, 3.05) is 13.1 Å². The van der Waals surface area contributed by atoms with Gasteiger partial charge in [0.15, 0.2) is 5.78 Å². The Labute approximate surface area is 142 Å². The SMILES string of the molecule is C.O=C(c1cccc2cnccc12)[C@H]1CNC[C@@H]1c1ccccc1. The molecule has 0 saturated carbocycles. The highest BCUT2D eigenvalue weighted by atomic mass is 16.1. The fraction of sp³-hybridized carbons (Fsp3) is 0.238. The predicted octanol–water partition coefficient (Wildman–Crippen LogP) is 4.06. The standard InChI is InChI=1S/C20H18N2O.CH4/c23-20(17-8-4-7-15-11-21-10-9-16(15)17)19-13-22-12-18(19)14-5-2-1-3-6-14;/h1-11,18-19,22H,12-13H2;1H4/t18-,19+;/m1./s1. The van der Waals surface area contributed by atoms with E-state index < -0.39 is 0 Å². The third-order valence-electron chi connectivity index (χ3n) is 4.72. The molecule has 0 spiro atoms. The molecular formula is C21H22N2O. The van der Waals surface area contributed by atoms with E-state index >= 15 is 0 Å². The van der Waals surface area contributed by atoms with E-state index in [1.807, 2.05) is 48.7 Å². The van der Waals surface area contributed by atoms with Gasteiger partial charge < -0.3 is 5.32 Å². The molecule has 2 aromatic carbocycles. The van der Waals surface area contributed by atoms with Crippen LogP contribution in [0.25, 0.3) is 10.8 Å². The molecule has 2 heterocycles. The maximum Gasteiger partial charge on any atom is 0.168 e. The van der Waals surface area contributed by atoms with Gasteiger partial charge >= 0.3 is 0 Å². The van der Waals surface area contributed by atoms with Crippen LogP contribution in [-0.4, -0.2) is 23.9 Å². The molecule has 3 heteroatoms. The zero-order valence-corrected chi connectivity index (χ0v) is 12.8. The van der Waals surface area contributed by atoms with Gasteiger partial charge in [-0.15, -0.1) is 0 Å². The first kappa shape index (κ1) is 16.3. The number of nitrogens with one attached hydrogen (secondary N) is 1. The summed E-state index contributed by atoms with van der Waals surface area (Å²) in [6.45, 7) is 1.59. The lowest BCUT2D eigenvalue weighted by Crippen LogP contribution is -2.22. The first-order valence-electron chi connectivity index (χ1n) is 7.97. The Morgan fingerprint density at radius 2 is 1.83 bits per heavy atom. The number of hydrogen-bond acceptors (Lipinski definition) is 3. The van der Waals surface area contributed by atoms with Crippen LogP contribution in [0.2, 0.25) is 0 Å². The molecule has 0 radical (unpaired) electrons. The van der Waals surface area contributed by atoms with Crippen LogP contribution in [-0.2, 0) is 0 Å². The van der Waals surface area contributed by atoms with Gasteiger partial charge in [-0.1, -0.05) is 56.0 Å². The summed E-state index contributed by atoms with van der Waals surface area (Å²) >= 11 is 0. The fourth-order valence-corrected chi connectivity index (χ4v) is 3.54. The molecule has 0 amide bonds.